The molecule has 27 heavy (non-hydrogen) atoms. The molecular weight excluding hydrogens is 350 g/mol. The molecule has 2 N–H and O–H groups in total. The molecule has 144 valence electrons. The van der Waals surface area contributed by atoms with Crippen molar-refractivity contribution in [3.63, 3.8) is 0 Å². The first-order valence-corrected chi connectivity index (χ1v) is 9.14. The van der Waals surface area contributed by atoms with E-state index >= 15 is 0 Å². The van der Waals surface area contributed by atoms with Gasteiger partial charge in [0.05, 0.1) is 11.3 Å². The van der Waals surface area contributed by atoms with Crippen molar-refractivity contribution in [3.05, 3.63) is 29.8 Å². The molecule has 0 unspecified atom stereocenters. The zero-order chi connectivity index (χ0) is 19.4. The van der Waals surface area contributed by atoms with E-state index in [9.17, 15) is 19.2 Å². The first kappa shape index (κ1) is 18.9. The summed E-state index contributed by atoms with van der Waals surface area (Å²) >= 11 is 0. The Balaban J connectivity index is 1.67. The van der Waals surface area contributed by atoms with Gasteiger partial charge in [-0.2, -0.15) is 0 Å². The van der Waals surface area contributed by atoms with Crippen LogP contribution in [-0.4, -0.2) is 54.3 Å². The summed E-state index contributed by atoms with van der Waals surface area (Å²) in [5, 5.41) is 0. The van der Waals surface area contributed by atoms with Crippen LogP contribution in [0, 0.1) is 0 Å². The SMILES string of the molecule is NC(=O)[C@H]1CCCCN1C(=O)COC(=O)c1ccccc1N1CCCC1=O. The van der Waals surface area contributed by atoms with Crippen LogP contribution in [0.15, 0.2) is 24.3 Å². The molecular formula is C19H23N3O5. The average Bonchev–Trinajstić information content (AvgIpc) is 3.11. The fourth-order valence-corrected chi connectivity index (χ4v) is 3.60. The zero-order valence-corrected chi connectivity index (χ0v) is 15.1. The van der Waals surface area contributed by atoms with Gasteiger partial charge < -0.3 is 20.3 Å². The number of hydrogen-bond donors (Lipinski definition) is 1. The second-order valence-corrected chi connectivity index (χ2v) is 6.74. The molecule has 0 aliphatic carbocycles. The van der Waals surface area contributed by atoms with Crippen LogP contribution in [0.2, 0.25) is 0 Å². The number of para-hydroxylation sites is 1. The van der Waals surface area contributed by atoms with Gasteiger partial charge in [0, 0.05) is 19.5 Å². The largest absolute Gasteiger partial charge is 0.452 e. The summed E-state index contributed by atoms with van der Waals surface area (Å²) in [6.45, 7) is 0.504. The number of ether oxygens (including phenoxy) is 1. The number of amides is 3. The lowest BCUT2D eigenvalue weighted by Crippen LogP contribution is -2.51. The van der Waals surface area contributed by atoms with Gasteiger partial charge in [0.2, 0.25) is 11.8 Å². The van der Waals surface area contributed by atoms with Gasteiger partial charge >= 0.3 is 5.97 Å². The van der Waals surface area contributed by atoms with Crippen LogP contribution >= 0.6 is 0 Å². The van der Waals surface area contributed by atoms with Gasteiger partial charge in [-0.1, -0.05) is 12.1 Å². The molecule has 2 fully saturated rings. The molecule has 0 saturated carbocycles. The summed E-state index contributed by atoms with van der Waals surface area (Å²) in [5.74, 6) is -1.70. The van der Waals surface area contributed by atoms with E-state index in [1.807, 2.05) is 0 Å². The minimum atomic E-state index is -0.675. The summed E-state index contributed by atoms with van der Waals surface area (Å²) in [5.41, 5.74) is 6.10. The molecule has 0 bridgehead atoms. The Morgan fingerprint density at radius 3 is 2.59 bits per heavy atom. The second-order valence-electron chi connectivity index (χ2n) is 6.74. The number of carbonyl (C=O) groups is 4. The van der Waals surface area contributed by atoms with Gasteiger partial charge in [-0.15, -0.1) is 0 Å². The maximum atomic E-state index is 12.5. The smallest absolute Gasteiger partial charge is 0.340 e. The van der Waals surface area contributed by atoms with Crippen molar-refractivity contribution < 1.29 is 23.9 Å². The number of nitrogens with two attached hydrogens (primary N) is 1. The average molecular weight is 373 g/mol. The molecule has 3 rings (SSSR count). The van der Waals surface area contributed by atoms with Crippen molar-refractivity contribution in [1.29, 1.82) is 0 Å². The number of esters is 1. The molecule has 1 atom stereocenters. The van der Waals surface area contributed by atoms with Crippen LogP contribution in [-0.2, 0) is 19.1 Å². The fourth-order valence-electron chi connectivity index (χ4n) is 3.60. The molecule has 2 aliphatic rings. The van der Waals surface area contributed by atoms with E-state index < -0.39 is 30.4 Å². The second kappa shape index (κ2) is 8.20. The number of benzene rings is 1. The lowest BCUT2D eigenvalue weighted by atomic mass is 10.0. The first-order chi connectivity index (χ1) is 13.0. The minimum absolute atomic E-state index is 0.0380. The molecule has 1 aromatic carbocycles. The number of anilines is 1. The quantitative estimate of drug-likeness (QED) is 0.769. The number of hydrogen-bond acceptors (Lipinski definition) is 5. The third-order valence-corrected chi connectivity index (χ3v) is 4.97. The number of primary amides is 1. The van der Waals surface area contributed by atoms with E-state index in [4.69, 9.17) is 10.5 Å². The van der Waals surface area contributed by atoms with Crippen LogP contribution in [0.3, 0.4) is 0 Å². The summed E-state index contributed by atoms with van der Waals surface area (Å²) in [7, 11) is 0. The molecule has 2 aliphatic heterocycles. The molecule has 3 amide bonds. The van der Waals surface area contributed by atoms with Crippen molar-refractivity contribution in [2.45, 2.75) is 38.1 Å². The Kier molecular flexibility index (Phi) is 5.73. The van der Waals surface area contributed by atoms with Gasteiger partial charge in [-0.05, 0) is 37.8 Å². The number of likely N-dealkylation sites (tertiary alicyclic amines) is 1. The van der Waals surface area contributed by atoms with Gasteiger partial charge in [0.15, 0.2) is 6.61 Å². The summed E-state index contributed by atoms with van der Waals surface area (Å²) in [6, 6.07) is 6.03. The first-order valence-electron chi connectivity index (χ1n) is 9.14. The monoisotopic (exact) mass is 373 g/mol. The number of piperidine rings is 1. The number of nitrogens with zero attached hydrogens (tertiary/aromatic N) is 2. The Labute approximate surface area is 157 Å². The third kappa shape index (κ3) is 4.10. The highest BCUT2D eigenvalue weighted by Crippen LogP contribution is 2.26. The Morgan fingerprint density at radius 1 is 1.11 bits per heavy atom. The van der Waals surface area contributed by atoms with Gasteiger partial charge in [-0.3, -0.25) is 14.4 Å². The van der Waals surface area contributed by atoms with Crippen molar-refractivity contribution in [2.24, 2.45) is 5.73 Å². The Hall–Kier alpha value is -2.90. The van der Waals surface area contributed by atoms with E-state index in [0.717, 1.165) is 19.3 Å². The third-order valence-electron chi connectivity index (χ3n) is 4.97. The van der Waals surface area contributed by atoms with E-state index in [2.05, 4.69) is 0 Å². The van der Waals surface area contributed by atoms with E-state index in [0.29, 0.717) is 31.6 Å². The van der Waals surface area contributed by atoms with Gasteiger partial charge in [-0.25, -0.2) is 4.79 Å². The summed E-state index contributed by atoms with van der Waals surface area (Å²) in [6.07, 6.45) is 3.32. The van der Waals surface area contributed by atoms with Crippen molar-refractivity contribution >= 4 is 29.4 Å². The highest BCUT2D eigenvalue weighted by Gasteiger charge is 2.31. The molecule has 2 heterocycles. The van der Waals surface area contributed by atoms with Crippen molar-refractivity contribution in [2.75, 3.05) is 24.6 Å². The predicted octanol–water partition coefficient (Wildman–Crippen LogP) is 0.837. The molecule has 8 heteroatoms. The lowest BCUT2D eigenvalue weighted by molar-refractivity contribution is -0.143. The lowest BCUT2D eigenvalue weighted by Gasteiger charge is -2.33. The molecule has 8 nitrogen and oxygen atoms in total. The predicted molar refractivity (Wildman–Crippen MR) is 96.9 cm³/mol. The number of carbonyl (C=O) groups excluding carboxylic acids is 4. The Bertz CT molecular complexity index is 763. The van der Waals surface area contributed by atoms with Crippen LogP contribution in [0.4, 0.5) is 5.69 Å². The molecule has 0 radical (unpaired) electrons. The highest BCUT2D eigenvalue weighted by molar-refractivity contribution is 6.04. The maximum absolute atomic E-state index is 12.5. The standard InChI is InChI=1S/C19H23N3O5/c20-18(25)15-8-3-4-10-22(15)17(24)12-27-19(26)13-6-1-2-7-14(13)21-11-5-9-16(21)23/h1-2,6-7,15H,3-5,8-12H2,(H2,20,25)/t15-/m1/s1. The molecule has 0 aromatic heterocycles. The zero-order valence-electron chi connectivity index (χ0n) is 15.1. The van der Waals surface area contributed by atoms with Crippen LogP contribution < -0.4 is 10.6 Å². The van der Waals surface area contributed by atoms with Gasteiger partial charge in [0.25, 0.3) is 5.91 Å². The minimum Gasteiger partial charge on any atom is -0.452 e. The van der Waals surface area contributed by atoms with Gasteiger partial charge in [0.1, 0.15) is 6.04 Å². The Morgan fingerprint density at radius 2 is 1.89 bits per heavy atom. The van der Waals surface area contributed by atoms with E-state index in [-0.39, 0.29) is 11.5 Å². The topological polar surface area (TPSA) is 110 Å². The number of rotatable bonds is 5. The maximum Gasteiger partial charge on any atom is 0.340 e. The van der Waals surface area contributed by atoms with Crippen molar-refractivity contribution in [1.82, 2.24) is 4.90 Å². The molecule has 0 spiro atoms. The molecule has 1 aromatic rings. The van der Waals surface area contributed by atoms with E-state index in [1.54, 1.807) is 29.2 Å². The molecule has 2 saturated heterocycles. The van der Waals surface area contributed by atoms with Crippen molar-refractivity contribution in [3.8, 4) is 0 Å². The fraction of sp³-hybridized carbons (Fsp3) is 0.474. The summed E-state index contributed by atoms with van der Waals surface area (Å²) in [4.78, 5) is 51.4. The van der Waals surface area contributed by atoms with Crippen LogP contribution in [0.1, 0.15) is 42.5 Å². The summed E-state index contributed by atoms with van der Waals surface area (Å²) < 4.78 is 5.19. The normalized spacial score (nSPS) is 19.9. The highest BCUT2D eigenvalue weighted by atomic mass is 16.5. The van der Waals surface area contributed by atoms with Crippen LogP contribution in [0.25, 0.3) is 0 Å². The van der Waals surface area contributed by atoms with Crippen LogP contribution in [0.5, 0.6) is 0 Å². The van der Waals surface area contributed by atoms with E-state index in [1.165, 1.54) is 4.90 Å².